The molecule has 0 aromatic rings. The van der Waals surface area contributed by atoms with Gasteiger partial charge < -0.3 is 5.32 Å². The summed E-state index contributed by atoms with van der Waals surface area (Å²) in [5, 5.41) is 3.70. The first-order valence-electron chi connectivity index (χ1n) is 7.17. The molecule has 1 saturated carbocycles. The quantitative estimate of drug-likeness (QED) is 0.761. The molecule has 1 N–H and O–H groups in total. The molecule has 17 heavy (non-hydrogen) atoms. The summed E-state index contributed by atoms with van der Waals surface area (Å²) >= 11 is 0. The van der Waals surface area contributed by atoms with E-state index in [0.717, 1.165) is 18.1 Å². The third kappa shape index (κ3) is 6.56. The van der Waals surface area contributed by atoms with Gasteiger partial charge in [-0.3, -0.25) is 4.21 Å². The molecule has 1 aliphatic rings. The molecule has 1 fully saturated rings. The Morgan fingerprint density at radius 3 is 2.47 bits per heavy atom. The van der Waals surface area contributed by atoms with E-state index in [0.29, 0.717) is 12.1 Å². The predicted molar refractivity (Wildman–Crippen MR) is 76.8 cm³/mol. The Labute approximate surface area is 109 Å². The van der Waals surface area contributed by atoms with Crippen molar-refractivity contribution >= 4 is 10.8 Å². The van der Waals surface area contributed by atoms with E-state index in [4.69, 9.17) is 0 Å². The maximum Gasteiger partial charge on any atom is 0.0246 e. The van der Waals surface area contributed by atoms with Crippen molar-refractivity contribution in [3.05, 3.63) is 0 Å². The molecule has 0 heterocycles. The number of hydrogen-bond acceptors (Lipinski definition) is 2. The van der Waals surface area contributed by atoms with Gasteiger partial charge in [0.25, 0.3) is 0 Å². The summed E-state index contributed by atoms with van der Waals surface area (Å²) in [5.74, 6) is 1.82. The van der Waals surface area contributed by atoms with Crippen LogP contribution in [0.25, 0.3) is 0 Å². The highest BCUT2D eigenvalue weighted by atomic mass is 32.2. The number of nitrogens with one attached hydrogen (secondary N) is 1. The Kier molecular flexibility index (Phi) is 7.36. The van der Waals surface area contributed by atoms with Crippen molar-refractivity contribution in [2.75, 3.05) is 12.0 Å². The summed E-state index contributed by atoms with van der Waals surface area (Å²) in [6.07, 6.45) is 11.1. The van der Waals surface area contributed by atoms with Crippen LogP contribution in [0.4, 0.5) is 0 Å². The summed E-state index contributed by atoms with van der Waals surface area (Å²) in [5.41, 5.74) is 0. The molecule has 0 amide bonds. The first-order chi connectivity index (χ1) is 8.11. The van der Waals surface area contributed by atoms with Crippen LogP contribution in [0.1, 0.15) is 58.8 Å². The number of hydrogen-bond donors (Lipinski definition) is 1. The molecule has 2 atom stereocenters. The van der Waals surface area contributed by atoms with Gasteiger partial charge in [0, 0.05) is 34.9 Å². The summed E-state index contributed by atoms with van der Waals surface area (Å²) in [6.45, 7) is 4.52. The molecule has 2 unspecified atom stereocenters. The maximum atomic E-state index is 11.0. The van der Waals surface area contributed by atoms with E-state index in [1.54, 1.807) is 6.26 Å². The predicted octanol–water partition coefficient (Wildman–Crippen LogP) is 3.09. The van der Waals surface area contributed by atoms with Crippen LogP contribution in [0.2, 0.25) is 0 Å². The van der Waals surface area contributed by atoms with Crippen molar-refractivity contribution in [3.63, 3.8) is 0 Å². The van der Waals surface area contributed by atoms with Gasteiger partial charge >= 0.3 is 0 Å². The topological polar surface area (TPSA) is 29.1 Å². The second kappa shape index (κ2) is 8.25. The zero-order chi connectivity index (χ0) is 12.7. The Morgan fingerprint density at radius 2 is 1.94 bits per heavy atom. The van der Waals surface area contributed by atoms with Gasteiger partial charge in [-0.05, 0) is 44.9 Å². The fourth-order valence-corrected chi connectivity index (χ4v) is 3.54. The van der Waals surface area contributed by atoms with Crippen molar-refractivity contribution in [2.45, 2.75) is 70.9 Å². The van der Waals surface area contributed by atoms with Gasteiger partial charge in [0.05, 0.1) is 0 Å². The van der Waals surface area contributed by atoms with E-state index in [-0.39, 0.29) is 0 Å². The molecule has 102 valence electrons. The van der Waals surface area contributed by atoms with E-state index in [1.165, 1.54) is 38.5 Å². The molecule has 1 aliphatic carbocycles. The first-order valence-corrected chi connectivity index (χ1v) is 8.90. The Morgan fingerprint density at radius 1 is 1.29 bits per heavy atom. The molecule has 0 aromatic heterocycles. The second-order valence-electron chi connectivity index (χ2n) is 5.64. The smallest absolute Gasteiger partial charge is 0.0246 e. The minimum Gasteiger partial charge on any atom is -0.311 e. The lowest BCUT2D eigenvalue weighted by Gasteiger charge is -2.31. The Balaban J connectivity index is 2.14. The monoisotopic (exact) mass is 259 g/mol. The van der Waals surface area contributed by atoms with E-state index >= 15 is 0 Å². The fraction of sp³-hybridized carbons (Fsp3) is 1.00. The van der Waals surface area contributed by atoms with Crippen LogP contribution in [-0.4, -0.2) is 28.3 Å². The van der Waals surface area contributed by atoms with Crippen LogP contribution in [0.3, 0.4) is 0 Å². The van der Waals surface area contributed by atoms with Crippen molar-refractivity contribution < 1.29 is 4.21 Å². The lowest BCUT2D eigenvalue weighted by atomic mass is 9.83. The molecule has 2 nitrogen and oxygen atoms in total. The van der Waals surface area contributed by atoms with Gasteiger partial charge in [-0.15, -0.1) is 0 Å². The molecule has 0 radical (unpaired) electrons. The molecular formula is C14H29NOS. The van der Waals surface area contributed by atoms with Crippen molar-refractivity contribution in [1.82, 2.24) is 5.32 Å². The summed E-state index contributed by atoms with van der Waals surface area (Å²) < 4.78 is 11.0. The maximum absolute atomic E-state index is 11.0. The van der Waals surface area contributed by atoms with E-state index < -0.39 is 10.8 Å². The standard InChI is InChI=1S/C14H29NOS/c1-4-5-13-6-8-14(9-7-13)15-12(2)10-11-17(3)16/h12-15H,4-11H2,1-3H3. The van der Waals surface area contributed by atoms with Crippen molar-refractivity contribution in [1.29, 1.82) is 0 Å². The lowest BCUT2D eigenvalue weighted by molar-refractivity contribution is 0.264. The Hall–Kier alpha value is 0.110. The third-order valence-electron chi connectivity index (χ3n) is 3.90. The summed E-state index contributed by atoms with van der Waals surface area (Å²) in [6, 6.07) is 1.23. The summed E-state index contributed by atoms with van der Waals surface area (Å²) in [7, 11) is -0.641. The van der Waals surface area contributed by atoms with E-state index in [1.807, 2.05) is 0 Å². The van der Waals surface area contributed by atoms with Gasteiger partial charge in [0.15, 0.2) is 0 Å². The minimum absolute atomic E-state index is 0.520. The van der Waals surface area contributed by atoms with Crippen LogP contribution in [0, 0.1) is 5.92 Å². The average molecular weight is 259 g/mol. The minimum atomic E-state index is -0.641. The second-order valence-corrected chi connectivity index (χ2v) is 7.19. The lowest BCUT2D eigenvalue weighted by Crippen LogP contribution is -2.39. The van der Waals surface area contributed by atoms with Crippen LogP contribution < -0.4 is 5.32 Å². The van der Waals surface area contributed by atoms with Gasteiger partial charge in [-0.2, -0.15) is 0 Å². The normalized spacial score (nSPS) is 28.9. The zero-order valence-corrected chi connectivity index (χ0v) is 12.5. The van der Waals surface area contributed by atoms with E-state index in [2.05, 4.69) is 19.2 Å². The third-order valence-corrected chi connectivity index (χ3v) is 4.71. The van der Waals surface area contributed by atoms with Crippen LogP contribution >= 0.6 is 0 Å². The molecular weight excluding hydrogens is 230 g/mol. The van der Waals surface area contributed by atoms with Gasteiger partial charge in [0.1, 0.15) is 0 Å². The number of rotatable bonds is 7. The highest BCUT2D eigenvalue weighted by molar-refractivity contribution is 7.84. The molecule has 0 bridgehead atoms. The van der Waals surface area contributed by atoms with Crippen molar-refractivity contribution in [2.24, 2.45) is 5.92 Å². The van der Waals surface area contributed by atoms with Gasteiger partial charge in [-0.25, -0.2) is 0 Å². The molecule has 0 spiro atoms. The molecule has 0 aliphatic heterocycles. The molecule has 1 rings (SSSR count). The Bertz CT molecular complexity index is 224. The van der Waals surface area contributed by atoms with Crippen molar-refractivity contribution in [3.8, 4) is 0 Å². The van der Waals surface area contributed by atoms with Gasteiger partial charge in [-0.1, -0.05) is 19.8 Å². The molecule has 0 saturated heterocycles. The van der Waals surface area contributed by atoms with Crippen LogP contribution in [0.15, 0.2) is 0 Å². The summed E-state index contributed by atoms with van der Waals surface area (Å²) in [4.78, 5) is 0. The van der Waals surface area contributed by atoms with Crippen LogP contribution in [0.5, 0.6) is 0 Å². The largest absolute Gasteiger partial charge is 0.311 e. The SMILES string of the molecule is CCCC1CCC(NC(C)CCS(C)=O)CC1. The first kappa shape index (κ1) is 15.2. The highest BCUT2D eigenvalue weighted by Crippen LogP contribution is 2.27. The highest BCUT2D eigenvalue weighted by Gasteiger charge is 2.21. The molecule has 3 heteroatoms. The van der Waals surface area contributed by atoms with Crippen LogP contribution in [-0.2, 0) is 10.8 Å². The average Bonchev–Trinajstić information content (AvgIpc) is 2.29. The van der Waals surface area contributed by atoms with E-state index in [9.17, 15) is 4.21 Å². The fourth-order valence-electron chi connectivity index (χ4n) is 2.85. The zero-order valence-electron chi connectivity index (χ0n) is 11.7. The molecule has 0 aromatic carbocycles. The van der Waals surface area contributed by atoms with Gasteiger partial charge in [0.2, 0.25) is 0 Å².